The third-order valence-electron chi connectivity index (χ3n) is 6.06. The van der Waals surface area contributed by atoms with E-state index in [0.29, 0.717) is 37.4 Å². The van der Waals surface area contributed by atoms with Gasteiger partial charge in [-0.2, -0.15) is 4.31 Å². The molecule has 31 heavy (non-hydrogen) atoms. The van der Waals surface area contributed by atoms with Gasteiger partial charge in [0.05, 0.1) is 17.5 Å². The molecule has 0 saturated carbocycles. The van der Waals surface area contributed by atoms with E-state index < -0.39 is 10.0 Å². The molecule has 2 aromatic carbocycles. The Morgan fingerprint density at radius 2 is 1.71 bits per heavy atom. The maximum atomic E-state index is 12.9. The molecular weight excluding hydrogens is 412 g/mol. The lowest BCUT2D eigenvalue weighted by Crippen LogP contribution is -2.32. The molecule has 1 amide bonds. The van der Waals surface area contributed by atoms with E-state index in [-0.39, 0.29) is 11.9 Å². The average molecular weight is 443 g/mol. The van der Waals surface area contributed by atoms with Gasteiger partial charge in [0.1, 0.15) is 5.75 Å². The third-order valence-corrected chi connectivity index (χ3v) is 7.97. The van der Waals surface area contributed by atoms with Crippen molar-refractivity contribution < 1.29 is 17.9 Å². The minimum absolute atomic E-state index is 0.0111. The van der Waals surface area contributed by atoms with Gasteiger partial charge in [0.2, 0.25) is 15.9 Å². The zero-order valence-corrected chi connectivity index (χ0v) is 18.6. The summed E-state index contributed by atoms with van der Waals surface area (Å²) in [4.78, 5) is 12.8. The van der Waals surface area contributed by atoms with Gasteiger partial charge in [-0.15, -0.1) is 0 Å². The highest BCUT2D eigenvalue weighted by molar-refractivity contribution is 7.89. The number of nitrogens with one attached hydrogen (secondary N) is 1. The molecule has 0 spiro atoms. The van der Waals surface area contributed by atoms with Crippen LogP contribution < -0.4 is 10.1 Å². The zero-order chi connectivity index (χ0) is 21.7. The summed E-state index contributed by atoms with van der Waals surface area (Å²) in [7, 11) is -3.44. The molecule has 1 atom stereocenters. The van der Waals surface area contributed by atoms with Crippen LogP contribution in [0, 0.1) is 0 Å². The molecule has 2 aliphatic heterocycles. The third kappa shape index (κ3) is 5.28. The molecule has 2 heterocycles. The molecule has 7 heteroatoms. The van der Waals surface area contributed by atoms with Gasteiger partial charge in [0.25, 0.3) is 0 Å². The fourth-order valence-corrected chi connectivity index (χ4v) is 5.79. The zero-order valence-electron chi connectivity index (χ0n) is 17.8. The Balaban J connectivity index is 1.33. The van der Waals surface area contributed by atoms with E-state index in [0.717, 1.165) is 49.0 Å². The van der Waals surface area contributed by atoms with Crippen molar-refractivity contribution in [3.05, 3.63) is 59.7 Å². The van der Waals surface area contributed by atoms with Crippen molar-refractivity contribution in [2.45, 2.75) is 55.9 Å². The van der Waals surface area contributed by atoms with E-state index in [1.807, 2.05) is 36.4 Å². The number of para-hydroxylation sites is 1. The summed E-state index contributed by atoms with van der Waals surface area (Å²) < 4.78 is 33.0. The summed E-state index contributed by atoms with van der Waals surface area (Å²) in [6.07, 6.45) is 5.71. The number of nitrogens with zero attached hydrogens (tertiary/aromatic N) is 1. The lowest BCUT2D eigenvalue weighted by molar-refractivity contribution is -0.122. The Bertz CT molecular complexity index is 996. The molecule has 6 nitrogen and oxygen atoms in total. The average Bonchev–Trinajstić information content (AvgIpc) is 3.09. The standard InChI is InChI=1S/C24H30N2O4S/c27-24(25-22-15-18-30-23-8-4-3-7-21(22)23)14-11-19-9-12-20(13-10-19)31(28,29)26-16-5-1-2-6-17-26/h3-4,7-10,12-13,22H,1-2,5-6,11,14-18H2,(H,25,27). The van der Waals surface area contributed by atoms with E-state index in [1.165, 1.54) is 0 Å². The van der Waals surface area contributed by atoms with Crippen molar-refractivity contribution in [3.63, 3.8) is 0 Å². The Morgan fingerprint density at radius 3 is 2.45 bits per heavy atom. The number of hydrogen-bond donors (Lipinski definition) is 1. The molecule has 1 unspecified atom stereocenters. The number of ether oxygens (including phenoxy) is 1. The number of carbonyl (C=O) groups is 1. The van der Waals surface area contributed by atoms with Crippen LogP contribution in [0.2, 0.25) is 0 Å². The second-order valence-electron chi connectivity index (χ2n) is 8.26. The largest absolute Gasteiger partial charge is 0.493 e. The Hall–Kier alpha value is -2.38. The molecule has 2 aliphatic rings. The normalized spacial score (nSPS) is 19.7. The van der Waals surface area contributed by atoms with Crippen molar-refractivity contribution in [1.29, 1.82) is 0 Å². The predicted octanol–water partition coefficient (Wildman–Crippen LogP) is 3.82. The summed E-state index contributed by atoms with van der Waals surface area (Å²) in [5.74, 6) is 0.822. The molecule has 4 rings (SSSR count). The Labute approximate surface area is 184 Å². The second-order valence-corrected chi connectivity index (χ2v) is 10.2. The van der Waals surface area contributed by atoms with Crippen molar-refractivity contribution in [2.24, 2.45) is 0 Å². The number of rotatable bonds is 6. The highest BCUT2D eigenvalue weighted by Crippen LogP contribution is 2.31. The number of sulfonamides is 1. The first-order chi connectivity index (χ1) is 15.0. The molecule has 1 N–H and O–H groups in total. The van der Waals surface area contributed by atoms with E-state index in [1.54, 1.807) is 16.4 Å². The molecule has 0 aliphatic carbocycles. The van der Waals surface area contributed by atoms with Crippen molar-refractivity contribution in [3.8, 4) is 5.75 Å². The minimum atomic E-state index is -3.44. The van der Waals surface area contributed by atoms with Gasteiger partial charge in [0, 0.05) is 31.5 Å². The summed E-state index contributed by atoms with van der Waals surface area (Å²) in [6, 6.07) is 14.7. The summed E-state index contributed by atoms with van der Waals surface area (Å²) in [6.45, 7) is 1.79. The van der Waals surface area contributed by atoms with Crippen LogP contribution in [0.4, 0.5) is 0 Å². The summed E-state index contributed by atoms with van der Waals surface area (Å²) in [5, 5.41) is 3.11. The highest BCUT2D eigenvalue weighted by atomic mass is 32.2. The van der Waals surface area contributed by atoms with E-state index in [9.17, 15) is 13.2 Å². The first-order valence-corrected chi connectivity index (χ1v) is 12.6. The fourth-order valence-electron chi connectivity index (χ4n) is 4.28. The topological polar surface area (TPSA) is 75.7 Å². The molecule has 2 aromatic rings. The molecule has 0 radical (unpaired) electrons. The van der Waals surface area contributed by atoms with Crippen LogP contribution in [0.25, 0.3) is 0 Å². The maximum absolute atomic E-state index is 12.9. The van der Waals surface area contributed by atoms with Gasteiger partial charge in [0.15, 0.2) is 0 Å². The minimum Gasteiger partial charge on any atom is -0.493 e. The highest BCUT2D eigenvalue weighted by Gasteiger charge is 2.25. The van der Waals surface area contributed by atoms with Crippen LogP contribution in [0.15, 0.2) is 53.4 Å². The van der Waals surface area contributed by atoms with E-state index in [4.69, 9.17) is 4.74 Å². The number of benzene rings is 2. The monoisotopic (exact) mass is 442 g/mol. The SMILES string of the molecule is O=C(CCc1ccc(S(=O)(=O)N2CCCCCC2)cc1)NC1CCOc2ccccc21. The number of hydrogen-bond acceptors (Lipinski definition) is 4. The van der Waals surface area contributed by atoms with Gasteiger partial charge in [-0.05, 0) is 43.0 Å². The molecular formula is C24H30N2O4S. The summed E-state index contributed by atoms with van der Waals surface area (Å²) >= 11 is 0. The number of amides is 1. The van der Waals surface area contributed by atoms with Gasteiger partial charge >= 0.3 is 0 Å². The molecule has 0 aromatic heterocycles. The van der Waals surface area contributed by atoms with Crippen LogP contribution in [0.5, 0.6) is 5.75 Å². The molecule has 0 bridgehead atoms. The first-order valence-electron chi connectivity index (χ1n) is 11.1. The quantitative estimate of drug-likeness (QED) is 0.738. The summed E-state index contributed by atoms with van der Waals surface area (Å²) in [5.41, 5.74) is 1.97. The van der Waals surface area contributed by atoms with Crippen LogP contribution >= 0.6 is 0 Å². The second kappa shape index (κ2) is 9.83. The van der Waals surface area contributed by atoms with E-state index >= 15 is 0 Å². The van der Waals surface area contributed by atoms with Gasteiger partial charge in [-0.25, -0.2) is 8.42 Å². The first kappa shape index (κ1) is 21.8. The van der Waals surface area contributed by atoms with Crippen molar-refractivity contribution >= 4 is 15.9 Å². The van der Waals surface area contributed by atoms with Crippen molar-refractivity contribution in [2.75, 3.05) is 19.7 Å². The lowest BCUT2D eigenvalue weighted by atomic mass is 10.00. The lowest BCUT2D eigenvalue weighted by Gasteiger charge is -2.26. The fraction of sp³-hybridized carbons (Fsp3) is 0.458. The van der Waals surface area contributed by atoms with Crippen LogP contribution in [0.1, 0.15) is 55.7 Å². The molecule has 1 fully saturated rings. The van der Waals surface area contributed by atoms with E-state index in [2.05, 4.69) is 5.32 Å². The maximum Gasteiger partial charge on any atom is 0.243 e. The van der Waals surface area contributed by atoms with Gasteiger partial charge in [-0.1, -0.05) is 43.2 Å². The van der Waals surface area contributed by atoms with Crippen LogP contribution in [0.3, 0.4) is 0 Å². The smallest absolute Gasteiger partial charge is 0.243 e. The molecule has 1 saturated heterocycles. The Morgan fingerprint density at radius 1 is 1.00 bits per heavy atom. The van der Waals surface area contributed by atoms with Crippen LogP contribution in [-0.2, 0) is 21.2 Å². The number of carbonyl (C=O) groups excluding carboxylic acids is 1. The molecule has 166 valence electrons. The Kier molecular flexibility index (Phi) is 6.92. The predicted molar refractivity (Wildman–Crippen MR) is 119 cm³/mol. The van der Waals surface area contributed by atoms with Gasteiger partial charge in [-0.3, -0.25) is 4.79 Å². The van der Waals surface area contributed by atoms with Gasteiger partial charge < -0.3 is 10.1 Å². The number of aryl methyl sites for hydroxylation is 1. The number of fused-ring (bicyclic) bond motifs is 1. The van der Waals surface area contributed by atoms with Crippen LogP contribution in [-0.4, -0.2) is 38.3 Å². The van der Waals surface area contributed by atoms with Crippen molar-refractivity contribution in [1.82, 2.24) is 9.62 Å².